The van der Waals surface area contributed by atoms with Crippen LogP contribution in [0.1, 0.15) is 0 Å². The van der Waals surface area contributed by atoms with Gasteiger partial charge in [0.2, 0.25) is 10.0 Å². The van der Waals surface area contributed by atoms with E-state index in [0.717, 1.165) is 0 Å². The number of benzene rings is 1. The molecule has 0 aliphatic heterocycles. The van der Waals surface area contributed by atoms with Crippen LogP contribution in [0.5, 0.6) is 0 Å². The molecule has 8 heteroatoms. The maximum absolute atomic E-state index is 11.8. The summed E-state index contributed by atoms with van der Waals surface area (Å²) >= 11 is 0. The maximum atomic E-state index is 11.8. The Kier molecular flexibility index (Phi) is 4.91. The minimum absolute atomic E-state index is 0.0306. The molecule has 0 aliphatic rings. The summed E-state index contributed by atoms with van der Waals surface area (Å²) in [7, 11) is -2.38. The van der Waals surface area contributed by atoms with Crippen LogP contribution >= 0.6 is 0 Å². The fraction of sp³-hybridized carbons (Fsp3) is 0.400. The van der Waals surface area contributed by atoms with Gasteiger partial charge >= 0.3 is 0 Å². The minimum atomic E-state index is -3.67. The van der Waals surface area contributed by atoms with Gasteiger partial charge in [0.15, 0.2) is 0 Å². The number of hydrogen-bond acceptors (Lipinski definition) is 6. The molecule has 0 heterocycles. The van der Waals surface area contributed by atoms with Crippen LogP contribution in [0.25, 0.3) is 0 Å². The van der Waals surface area contributed by atoms with Gasteiger partial charge in [-0.25, -0.2) is 13.1 Å². The summed E-state index contributed by atoms with van der Waals surface area (Å²) in [6, 6.07) is 3.68. The average Bonchev–Trinajstić information content (AvgIpc) is 2.37. The topological polar surface area (TPSA) is 125 Å². The second-order valence-corrected chi connectivity index (χ2v) is 5.52. The highest BCUT2D eigenvalue weighted by molar-refractivity contribution is 7.89. The highest BCUT2D eigenvalue weighted by Gasteiger charge is 2.18. The molecule has 0 aromatic heterocycles. The van der Waals surface area contributed by atoms with Crippen molar-refractivity contribution in [2.45, 2.75) is 10.9 Å². The van der Waals surface area contributed by atoms with E-state index in [9.17, 15) is 8.42 Å². The van der Waals surface area contributed by atoms with Gasteiger partial charge in [-0.3, -0.25) is 0 Å². The first-order valence-electron chi connectivity index (χ1n) is 5.26. The Bertz CT molecular complexity index is 500. The first-order chi connectivity index (χ1) is 8.44. The fourth-order valence-electron chi connectivity index (χ4n) is 1.36. The molecular formula is C10H17N3O4S. The molecule has 0 spiro atoms. The zero-order valence-electron chi connectivity index (χ0n) is 9.92. The molecule has 0 unspecified atom stereocenters. The van der Waals surface area contributed by atoms with Crippen molar-refractivity contribution < 1.29 is 18.6 Å². The van der Waals surface area contributed by atoms with E-state index in [1.54, 1.807) is 0 Å². The highest BCUT2D eigenvalue weighted by Crippen LogP contribution is 2.24. The first kappa shape index (κ1) is 14.7. The van der Waals surface area contributed by atoms with Crippen LogP contribution in [-0.2, 0) is 10.0 Å². The van der Waals surface area contributed by atoms with Crippen molar-refractivity contribution in [2.75, 3.05) is 31.3 Å². The SMILES string of the molecule is CNS(=O)(=O)c1cc(N)ccc1NC(CO)CO. The van der Waals surface area contributed by atoms with Crippen LogP contribution in [0, 0.1) is 0 Å². The molecule has 0 aliphatic carbocycles. The van der Waals surface area contributed by atoms with E-state index < -0.39 is 16.1 Å². The van der Waals surface area contributed by atoms with E-state index in [0.29, 0.717) is 5.69 Å². The molecule has 6 N–H and O–H groups in total. The summed E-state index contributed by atoms with van der Waals surface area (Å²) < 4.78 is 25.8. The molecule has 18 heavy (non-hydrogen) atoms. The van der Waals surface area contributed by atoms with E-state index in [1.807, 2.05) is 0 Å². The van der Waals surface area contributed by atoms with Gasteiger partial charge in [-0.2, -0.15) is 0 Å². The van der Waals surface area contributed by atoms with Gasteiger partial charge in [0.05, 0.1) is 24.9 Å². The van der Waals surface area contributed by atoms with Crippen LogP contribution in [0.2, 0.25) is 0 Å². The van der Waals surface area contributed by atoms with Crippen LogP contribution in [0.15, 0.2) is 23.1 Å². The zero-order valence-corrected chi connectivity index (χ0v) is 10.7. The molecule has 0 radical (unpaired) electrons. The van der Waals surface area contributed by atoms with Crippen molar-refractivity contribution in [2.24, 2.45) is 0 Å². The van der Waals surface area contributed by atoms with Gasteiger partial charge in [0.1, 0.15) is 4.90 Å². The van der Waals surface area contributed by atoms with Crippen molar-refractivity contribution in [1.82, 2.24) is 4.72 Å². The number of hydrogen-bond donors (Lipinski definition) is 5. The third-order valence-corrected chi connectivity index (χ3v) is 3.82. The molecule has 1 aromatic carbocycles. The maximum Gasteiger partial charge on any atom is 0.242 e. The lowest BCUT2D eigenvalue weighted by Gasteiger charge is -2.18. The quantitative estimate of drug-likeness (QED) is 0.422. The molecule has 1 rings (SSSR count). The molecule has 0 saturated carbocycles. The number of nitrogens with one attached hydrogen (secondary N) is 2. The summed E-state index contributed by atoms with van der Waals surface area (Å²) in [4.78, 5) is -0.0306. The fourth-order valence-corrected chi connectivity index (χ4v) is 2.29. The molecule has 0 bridgehead atoms. The van der Waals surface area contributed by atoms with Crippen molar-refractivity contribution in [3.8, 4) is 0 Å². The number of nitrogen functional groups attached to an aromatic ring is 1. The van der Waals surface area contributed by atoms with Gasteiger partial charge < -0.3 is 21.3 Å². The van der Waals surface area contributed by atoms with Crippen molar-refractivity contribution in [3.05, 3.63) is 18.2 Å². The zero-order chi connectivity index (χ0) is 13.8. The average molecular weight is 275 g/mol. The van der Waals surface area contributed by atoms with Crippen LogP contribution in [-0.4, -0.2) is 44.9 Å². The number of aliphatic hydroxyl groups excluding tert-OH is 2. The number of sulfonamides is 1. The van der Waals surface area contributed by atoms with Crippen LogP contribution < -0.4 is 15.8 Å². The predicted molar refractivity (Wildman–Crippen MR) is 68.7 cm³/mol. The second kappa shape index (κ2) is 6.01. The van der Waals surface area contributed by atoms with Crippen molar-refractivity contribution >= 4 is 21.4 Å². The molecule has 1 aromatic rings. The van der Waals surface area contributed by atoms with Crippen molar-refractivity contribution in [1.29, 1.82) is 0 Å². The smallest absolute Gasteiger partial charge is 0.242 e. The largest absolute Gasteiger partial charge is 0.399 e. The summed E-state index contributed by atoms with van der Waals surface area (Å²) in [6.07, 6.45) is 0. The number of nitrogens with two attached hydrogens (primary N) is 1. The Labute approximate surface area is 106 Å². The molecule has 0 atom stereocenters. The summed E-state index contributed by atoms with van der Waals surface area (Å²) in [5.74, 6) is 0. The molecule has 102 valence electrons. The first-order valence-corrected chi connectivity index (χ1v) is 6.74. The van der Waals surface area contributed by atoms with E-state index in [-0.39, 0.29) is 23.8 Å². The summed E-state index contributed by atoms with van der Waals surface area (Å²) in [5, 5.41) is 20.7. The minimum Gasteiger partial charge on any atom is -0.399 e. The Hall–Kier alpha value is -1.35. The number of anilines is 2. The Morgan fingerprint density at radius 3 is 2.44 bits per heavy atom. The molecule has 0 amide bonds. The molecule has 7 nitrogen and oxygen atoms in total. The van der Waals surface area contributed by atoms with Gasteiger partial charge in [0.25, 0.3) is 0 Å². The third kappa shape index (κ3) is 3.33. The van der Waals surface area contributed by atoms with Gasteiger partial charge in [-0.1, -0.05) is 0 Å². The normalized spacial score (nSPS) is 11.8. The van der Waals surface area contributed by atoms with E-state index >= 15 is 0 Å². The van der Waals surface area contributed by atoms with Crippen molar-refractivity contribution in [3.63, 3.8) is 0 Å². The molecular weight excluding hydrogens is 258 g/mol. The van der Waals surface area contributed by atoms with E-state index in [4.69, 9.17) is 15.9 Å². The van der Waals surface area contributed by atoms with E-state index in [2.05, 4.69) is 10.0 Å². The van der Waals surface area contributed by atoms with Gasteiger partial charge in [0, 0.05) is 5.69 Å². The summed E-state index contributed by atoms with van der Waals surface area (Å²) in [6.45, 7) is -0.639. The van der Waals surface area contributed by atoms with Gasteiger partial charge in [-0.15, -0.1) is 0 Å². The monoisotopic (exact) mass is 275 g/mol. The lowest BCUT2D eigenvalue weighted by molar-refractivity contribution is 0.203. The third-order valence-electron chi connectivity index (χ3n) is 2.36. The highest BCUT2D eigenvalue weighted by atomic mass is 32.2. The molecule has 0 fully saturated rings. The Morgan fingerprint density at radius 1 is 1.33 bits per heavy atom. The number of aliphatic hydroxyl groups is 2. The standard InChI is InChI=1S/C10H17N3O4S/c1-12-18(16,17)10-4-7(11)2-3-9(10)13-8(5-14)6-15/h2-4,8,12-15H,5-6,11H2,1H3. The van der Waals surface area contributed by atoms with E-state index in [1.165, 1.54) is 25.2 Å². The molecule has 0 saturated heterocycles. The van der Waals surface area contributed by atoms with Crippen LogP contribution in [0.4, 0.5) is 11.4 Å². The number of rotatable bonds is 6. The lowest BCUT2D eigenvalue weighted by Crippen LogP contribution is -2.29. The Morgan fingerprint density at radius 2 is 1.94 bits per heavy atom. The predicted octanol–water partition coefficient (Wildman–Crippen LogP) is -1.06. The summed E-state index contributed by atoms with van der Waals surface area (Å²) in [5.41, 5.74) is 6.13. The lowest BCUT2D eigenvalue weighted by atomic mass is 10.2. The van der Waals surface area contributed by atoms with Crippen LogP contribution in [0.3, 0.4) is 0 Å². The second-order valence-electron chi connectivity index (χ2n) is 3.67. The Balaban J connectivity index is 3.20. The van der Waals surface area contributed by atoms with Gasteiger partial charge in [-0.05, 0) is 25.2 Å².